The molecule has 0 aliphatic carbocycles. The van der Waals surface area contributed by atoms with E-state index >= 15 is 0 Å². The smallest absolute Gasteiger partial charge is 0.230 e. The molecule has 0 aromatic carbocycles. The quantitative estimate of drug-likeness (QED) is 0.655. The summed E-state index contributed by atoms with van der Waals surface area (Å²) in [5.74, 6) is 0.0854. The third-order valence-corrected chi connectivity index (χ3v) is 2.74. The average Bonchev–Trinajstić information content (AvgIpc) is 1.99. The molecule has 1 heterocycles. The number of amides is 1. The molecule has 0 bridgehead atoms. The Balaban J connectivity index is 2.56. The van der Waals surface area contributed by atoms with Crippen molar-refractivity contribution >= 4 is 11.7 Å². The van der Waals surface area contributed by atoms with Crippen LogP contribution in [0.3, 0.4) is 0 Å². The molecule has 1 fully saturated rings. The van der Waals surface area contributed by atoms with Gasteiger partial charge >= 0.3 is 0 Å². The van der Waals surface area contributed by atoms with Crippen LogP contribution in [0.5, 0.6) is 0 Å². The number of carbonyl (C=O) groups excluding carboxylic acids is 2. The summed E-state index contributed by atoms with van der Waals surface area (Å²) in [6.07, 6.45) is 1.61. The zero-order chi connectivity index (χ0) is 11.6. The molecule has 1 amide bonds. The minimum atomic E-state index is 0.00278. The number of hydrogen-bond acceptors (Lipinski definition) is 2. The monoisotopic (exact) mass is 211 g/mol. The Labute approximate surface area is 91.8 Å². The highest BCUT2D eigenvalue weighted by Gasteiger charge is 2.29. The number of nitrogens with zero attached hydrogens (tertiary/aromatic N) is 1. The first-order valence-electron chi connectivity index (χ1n) is 5.61. The molecule has 1 saturated heterocycles. The van der Waals surface area contributed by atoms with Gasteiger partial charge in [-0.1, -0.05) is 20.8 Å². The van der Waals surface area contributed by atoms with E-state index in [1.807, 2.05) is 4.90 Å². The van der Waals surface area contributed by atoms with Crippen LogP contribution in [-0.4, -0.2) is 29.2 Å². The maximum Gasteiger partial charge on any atom is 0.230 e. The van der Waals surface area contributed by atoms with Crippen LogP contribution in [0.15, 0.2) is 0 Å². The normalized spacial score (nSPS) is 20.7. The van der Waals surface area contributed by atoms with Gasteiger partial charge in [0.05, 0.1) is 6.42 Å². The number of carbonyl (C=O) groups is 2. The van der Waals surface area contributed by atoms with E-state index in [4.69, 9.17) is 0 Å². The summed E-state index contributed by atoms with van der Waals surface area (Å²) in [5.41, 5.74) is 0.223. The highest BCUT2D eigenvalue weighted by atomic mass is 16.2. The van der Waals surface area contributed by atoms with E-state index in [9.17, 15) is 9.59 Å². The number of piperidine rings is 1. The Morgan fingerprint density at radius 3 is 2.40 bits per heavy atom. The SMILES string of the molecule is CC(CC(C)(C)C)N1CCC(=O)CC1=O. The summed E-state index contributed by atoms with van der Waals surface area (Å²) in [6, 6.07) is 0.241. The van der Waals surface area contributed by atoms with Crippen molar-refractivity contribution in [3.8, 4) is 0 Å². The van der Waals surface area contributed by atoms with Crippen molar-refractivity contribution in [1.82, 2.24) is 4.90 Å². The van der Waals surface area contributed by atoms with Gasteiger partial charge in [0.2, 0.25) is 5.91 Å². The fourth-order valence-electron chi connectivity index (χ4n) is 2.19. The van der Waals surface area contributed by atoms with E-state index in [1.54, 1.807) is 0 Å². The van der Waals surface area contributed by atoms with Crippen molar-refractivity contribution in [3.63, 3.8) is 0 Å². The van der Waals surface area contributed by atoms with Crippen molar-refractivity contribution in [2.75, 3.05) is 6.54 Å². The first-order valence-corrected chi connectivity index (χ1v) is 5.61. The number of hydrogen-bond donors (Lipinski definition) is 0. The lowest BCUT2D eigenvalue weighted by Gasteiger charge is -2.35. The van der Waals surface area contributed by atoms with Crippen LogP contribution in [0.2, 0.25) is 0 Å². The standard InChI is InChI=1S/C12H21NO2/c1-9(8-12(2,3)4)13-6-5-10(14)7-11(13)15/h9H,5-8H2,1-4H3. The fraction of sp³-hybridized carbons (Fsp3) is 0.833. The number of Topliss-reactive ketones (excluding diaryl/α,β-unsaturated/α-hetero) is 1. The average molecular weight is 211 g/mol. The van der Waals surface area contributed by atoms with Crippen LogP contribution in [0.25, 0.3) is 0 Å². The van der Waals surface area contributed by atoms with Gasteiger partial charge in [-0.05, 0) is 18.8 Å². The van der Waals surface area contributed by atoms with Crippen LogP contribution < -0.4 is 0 Å². The molecule has 1 aliphatic heterocycles. The molecule has 15 heavy (non-hydrogen) atoms. The molecule has 86 valence electrons. The minimum Gasteiger partial charge on any atom is -0.339 e. The molecule has 1 aliphatic rings. The summed E-state index contributed by atoms with van der Waals surface area (Å²) in [5, 5.41) is 0. The Morgan fingerprint density at radius 1 is 1.33 bits per heavy atom. The number of ketones is 1. The van der Waals surface area contributed by atoms with E-state index < -0.39 is 0 Å². The molecule has 3 heteroatoms. The van der Waals surface area contributed by atoms with Gasteiger partial charge in [-0.15, -0.1) is 0 Å². The third kappa shape index (κ3) is 3.65. The predicted octanol–water partition coefficient (Wildman–Crippen LogP) is 2.00. The van der Waals surface area contributed by atoms with Crippen LogP contribution in [0.1, 0.15) is 47.0 Å². The van der Waals surface area contributed by atoms with E-state index in [1.165, 1.54) is 0 Å². The molecule has 0 aromatic heterocycles. The lowest BCUT2D eigenvalue weighted by Crippen LogP contribution is -2.45. The second-order valence-electron chi connectivity index (χ2n) is 5.67. The topological polar surface area (TPSA) is 37.4 Å². The van der Waals surface area contributed by atoms with Gasteiger partial charge in [0.15, 0.2) is 0 Å². The summed E-state index contributed by atoms with van der Waals surface area (Å²) < 4.78 is 0. The van der Waals surface area contributed by atoms with Crippen molar-refractivity contribution in [2.45, 2.75) is 53.0 Å². The Kier molecular flexibility index (Phi) is 3.53. The molecule has 1 rings (SSSR count). The second-order valence-corrected chi connectivity index (χ2v) is 5.67. The highest BCUT2D eigenvalue weighted by Crippen LogP contribution is 2.25. The molecule has 0 radical (unpaired) electrons. The van der Waals surface area contributed by atoms with Gasteiger partial charge in [0.25, 0.3) is 0 Å². The van der Waals surface area contributed by atoms with Gasteiger partial charge < -0.3 is 4.90 Å². The Morgan fingerprint density at radius 2 is 1.93 bits per heavy atom. The van der Waals surface area contributed by atoms with Gasteiger partial charge in [0, 0.05) is 19.0 Å². The largest absolute Gasteiger partial charge is 0.339 e. The zero-order valence-electron chi connectivity index (χ0n) is 10.2. The number of likely N-dealkylation sites (tertiary alicyclic amines) is 1. The molecule has 0 aromatic rings. The van der Waals surface area contributed by atoms with E-state index in [-0.39, 0.29) is 29.6 Å². The first-order chi connectivity index (χ1) is 6.79. The highest BCUT2D eigenvalue weighted by molar-refractivity contribution is 6.00. The van der Waals surface area contributed by atoms with Crippen LogP contribution >= 0.6 is 0 Å². The summed E-state index contributed by atoms with van der Waals surface area (Å²) >= 11 is 0. The molecular formula is C12H21NO2. The maximum absolute atomic E-state index is 11.6. The van der Waals surface area contributed by atoms with Crippen molar-refractivity contribution in [3.05, 3.63) is 0 Å². The lowest BCUT2D eigenvalue weighted by atomic mass is 9.87. The molecule has 0 spiro atoms. The van der Waals surface area contributed by atoms with Crippen molar-refractivity contribution < 1.29 is 9.59 Å². The zero-order valence-corrected chi connectivity index (χ0v) is 10.2. The van der Waals surface area contributed by atoms with Crippen LogP contribution in [0.4, 0.5) is 0 Å². The maximum atomic E-state index is 11.6. The van der Waals surface area contributed by atoms with E-state index in [0.29, 0.717) is 13.0 Å². The van der Waals surface area contributed by atoms with Gasteiger partial charge in [-0.3, -0.25) is 9.59 Å². The van der Waals surface area contributed by atoms with Crippen molar-refractivity contribution in [2.24, 2.45) is 5.41 Å². The Bertz CT molecular complexity index is 265. The summed E-state index contributed by atoms with van der Waals surface area (Å²) in [4.78, 5) is 24.6. The molecule has 1 atom stereocenters. The molecule has 1 unspecified atom stereocenters. The third-order valence-electron chi connectivity index (χ3n) is 2.74. The van der Waals surface area contributed by atoms with Crippen LogP contribution in [-0.2, 0) is 9.59 Å². The van der Waals surface area contributed by atoms with Crippen molar-refractivity contribution in [1.29, 1.82) is 0 Å². The molecule has 0 N–H and O–H groups in total. The van der Waals surface area contributed by atoms with Gasteiger partial charge in [-0.25, -0.2) is 0 Å². The minimum absolute atomic E-state index is 0.00278. The summed E-state index contributed by atoms with van der Waals surface area (Å²) in [6.45, 7) is 9.18. The van der Waals surface area contributed by atoms with E-state index in [0.717, 1.165) is 6.42 Å². The van der Waals surface area contributed by atoms with Gasteiger partial charge in [-0.2, -0.15) is 0 Å². The predicted molar refractivity (Wildman–Crippen MR) is 59.5 cm³/mol. The summed E-state index contributed by atoms with van der Waals surface area (Å²) in [7, 11) is 0. The number of rotatable bonds is 2. The first kappa shape index (κ1) is 12.2. The Hall–Kier alpha value is -0.860. The van der Waals surface area contributed by atoms with Crippen LogP contribution in [0, 0.1) is 5.41 Å². The second kappa shape index (κ2) is 4.33. The van der Waals surface area contributed by atoms with E-state index in [2.05, 4.69) is 27.7 Å². The van der Waals surface area contributed by atoms with Gasteiger partial charge in [0.1, 0.15) is 5.78 Å². The molecule has 0 saturated carbocycles. The molecular weight excluding hydrogens is 190 g/mol. The fourth-order valence-corrected chi connectivity index (χ4v) is 2.19. The molecule has 3 nitrogen and oxygen atoms in total. The lowest BCUT2D eigenvalue weighted by molar-refractivity contribution is -0.141.